The molecule has 1 N–H and O–H groups in total. The molecule has 0 saturated carbocycles. The number of halogens is 1. The number of rotatable bonds is 3. The smallest absolute Gasteiger partial charge is 0.227 e. The second-order valence-electron chi connectivity index (χ2n) is 5.08. The van der Waals surface area contributed by atoms with Gasteiger partial charge in [-0.15, -0.1) is 0 Å². The van der Waals surface area contributed by atoms with E-state index in [1.807, 2.05) is 0 Å². The Hall–Kier alpha value is -1.42. The van der Waals surface area contributed by atoms with Crippen molar-refractivity contribution in [1.29, 1.82) is 0 Å². The first-order chi connectivity index (χ1) is 9.20. The van der Waals surface area contributed by atoms with Gasteiger partial charge in [-0.1, -0.05) is 25.0 Å². The van der Waals surface area contributed by atoms with Gasteiger partial charge in [0.15, 0.2) is 0 Å². The monoisotopic (exact) mass is 265 g/mol. The van der Waals surface area contributed by atoms with Crippen LogP contribution >= 0.6 is 0 Å². The molecule has 0 bridgehead atoms. The van der Waals surface area contributed by atoms with Crippen LogP contribution < -0.4 is 0 Å². The highest BCUT2D eigenvalue weighted by Gasteiger charge is 2.24. The lowest BCUT2D eigenvalue weighted by molar-refractivity contribution is -0.133. The molecule has 1 heterocycles. The van der Waals surface area contributed by atoms with E-state index in [9.17, 15) is 14.3 Å². The summed E-state index contributed by atoms with van der Waals surface area (Å²) in [5.41, 5.74) is 0.812. The van der Waals surface area contributed by atoms with Crippen molar-refractivity contribution in [2.75, 3.05) is 13.2 Å². The highest BCUT2D eigenvalue weighted by Crippen LogP contribution is 2.18. The van der Waals surface area contributed by atoms with Crippen LogP contribution in [0.25, 0.3) is 0 Å². The molecular weight excluding hydrogens is 245 g/mol. The molecule has 1 amide bonds. The van der Waals surface area contributed by atoms with Crippen LogP contribution in [0.2, 0.25) is 0 Å². The van der Waals surface area contributed by atoms with Crippen LogP contribution in [0.5, 0.6) is 0 Å². The number of benzene rings is 1. The summed E-state index contributed by atoms with van der Waals surface area (Å²) >= 11 is 0. The molecule has 1 aromatic rings. The Morgan fingerprint density at radius 2 is 2.00 bits per heavy atom. The molecule has 2 rings (SSSR count). The molecule has 4 heteroatoms. The van der Waals surface area contributed by atoms with Crippen LogP contribution in [0, 0.1) is 5.82 Å². The van der Waals surface area contributed by atoms with E-state index in [4.69, 9.17) is 0 Å². The van der Waals surface area contributed by atoms with Gasteiger partial charge in [0.25, 0.3) is 0 Å². The molecule has 1 aromatic carbocycles. The first-order valence-corrected chi connectivity index (χ1v) is 6.85. The normalized spacial score (nSPS) is 20.1. The van der Waals surface area contributed by atoms with Crippen molar-refractivity contribution in [2.45, 2.75) is 38.1 Å². The van der Waals surface area contributed by atoms with Crippen molar-refractivity contribution in [3.63, 3.8) is 0 Å². The topological polar surface area (TPSA) is 40.5 Å². The predicted octanol–water partition coefficient (Wildman–Crippen LogP) is 2.13. The van der Waals surface area contributed by atoms with Crippen molar-refractivity contribution in [2.24, 2.45) is 0 Å². The number of nitrogens with zero attached hydrogens (tertiary/aromatic N) is 1. The minimum Gasteiger partial charge on any atom is -0.394 e. The average Bonchev–Trinajstić information content (AvgIpc) is 2.66. The van der Waals surface area contributed by atoms with E-state index < -0.39 is 0 Å². The van der Waals surface area contributed by atoms with Crippen LogP contribution in [0.15, 0.2) is 24.3 Å². The van der Waals surface area contributed by atoms with Crippen molar-refractivity contribution >= 4 is 5.91 Å². The zero-order valence-electron chi connectivity index (χ0n) is 11.0. The molecule has 1 fully saturated rings. The van der Waals surface area contributed by atoms with Gasteiger partial charge in [-0.05, 0) is 30.5 Å². The summed E-state index contributed by atoms with van der Waals surface area (Å²) < 4.78 is 12.8. The Labute approximate surface area is 113 Å². The van der Waals surface area contributed by atoms with E-state index in [0.717, 1.165) is 31.2 Å². The Kier molecular flexibility index (Phi) is 4.91. The zero-order valence-corrected chi connectivity index (χ0v) is 11.0. The van der Waals surface area contributed by atoms with Gasteiger partial charge >= 0.3 is 0 Å². The maximum Gasteiger partial charge on any atom is 0.227 e. The third-order valence-electron chi connectivity index (χ3n) is 3.68. The molecule has 1 atom stereocenters. The summed E-state index contributed by atoms with van der Waals surface area (Å²) in [5.74, 6) is -0.272. The van der Waals surface area contributed by atoms with Gasteiger partial charge in [0, 0.05) is 6.54 Å². The van der Waals surface area contributed by atoms with E-state index in [2.05, 4.69) is 0 Å². The van der Waals surface area contributed by atoms with Crippen LogP contribution in [0.1, 0.15) is 31.2 Å². The van der Waals surface area contributed by atoms with E-state index in [1.165, 1.54) is 12.1 Å². The average molecular weight is 265 g/mol. The van der Waals surface area contributed by atoms with Gasteiger partial charge in [0.1, 0.15) is 5.82 Å². The van der Waals surface area contributed by atoms with Crippen molar-refractivity contribution in [3.05, 3.63) is 35.6 Å². The lowest BCUT2D eigenvalue weighted by atomic mass is 10.1. The Morgan fingerprint density at radius 1 is 1.26 bits per heavy atom. The molecule has 0 aliphatic carbocycles. The van der Waals surface area contributed by atoms with Gasteiger partial charge in [0.05, 0.1) is 19.1 Å². The summed E-state index contributed by atoms with van der Waals surface area (Å²) in [7, 11) is 0. The van der Waals surface area contributed by atoms with Crippen LogP contribution in [-0.2, 0) is 11.2 Å². The molecule has 0 aromatic heterocycles. The third-order valence-corrected chi connectivity index (χ3v) is 3.68. The summed E-state index contributed by atoms with van der Waals surface area (Å²) in [4.78, 5) is 14.1. The van der Waals surface area contributed by atoms with Gasteiger partial charge < -0.3 is 10.0 Å². The quantitative estimate of drug-likeness (QED) is 0.909. The fourth-order valence-electron chi connectivity index (χ4n) is 2.57. The molecule has 19 heavy (non-hydrogen) atoms. The van der Waals surface area contributed by atoms with Gasteiger partial charge in [-0.2, -0.15) is 0 Å². The van der Waals surface area contributed by atoms with Crippen molar-refractivity contribution in [3.8, 4) is 0 Å². The second-order valence-corrected chi connectivity index (χ2v) is 5.08. The molecule has 0 spiro atoms. The molecule has 1 unspecified atom stereocenters. The molecule has 1 saturated heterocycles. The number of aliphatic hydroxyl groups is 1. The van der Waals surface area contributed by atoms with E-state index in [-0.39, 0.29) is 30.8 Å². The summed E-state index contributed by atoms with van der Waals surface area (Å²) in [6, 6.07) is 5.96. The number of hydrogen-bond acceptors (Lipinski definition) is 2. The second kappa shape index (κ2) is 6.66. The highest BCUT2D eigenvalue weighted by atomic mass is 19.1. The molecule has 1 aliphatic rings. The van der Waals surface area contributed by atoms with E-state index >= 15 is 0 Å². The molecule has 104 valence electrons. The van der Waals surface area contributed by atoms with E-state index in [1.54, 1.807) is 17.0 Å². The number of amides is 1. The standard InChI is InChI=1S/C15H20FNO2/c16-13-7-5-12(6-8-13)10-15(19)17-9-3-1-2-4-14(17)11-18/h5-8,14,18H,1-4,9-11H2. The first kappa shape index (κ1) is 14.0. The molecule has 1 aliphatic heterocycles. The van der Waals surface area contributed by atoms with Gasteiger partial charge in [-0.25, -0.2) is 4.39 Å². The SMILES string of the molecule is O=C(Cc1ccc(F)cc1)N1CCCCCC1CO. The van der Waals surface area contributed by atoms with Crippen LogP contribution in [0.3, 0.4) is 0 Å². The fourth-order valence-corrected chi connectivity index (χ4v) is 2.57. The van der Waals surface area contributed by atoms with Crippen molar-refractivity contribution in [1.82, 2.24) is 4.90 Å². The maximum atomic E-state index is 12.8. The molecular formula is C15H20FNO2. The molecule has 0 radical (unpaired) electrons. The Bertz CT molecular complexity index is 419. The summed E-state index contributed by atoms with van der Waals surface area (Å²) in [6.07, 6.45) is 4.30. The first-order valence-electron chi connectivity index (χ1n) is 6.85. The van der Waals surface area contributed by atoms with Gasteiger partial charge in [0.2, 0.25) is 5.91 Å². The van der Waals surface area contributed by atoms with Crippen LogP contribution in [-0.4, -0.2) is 35.1 Å². The largest absolute Gasteiger partial charge is 0.394 e. The fraction of sp³-hybridized carbons (Fsp3) is 0.533. The molecule has 3 nitrogen and oxygen atoms in total. The highest BCUT2D eigenvalue weighted by molar-refractivity contribution is 5.79. The van der Waals surface area contributed by atoms with E-state index in [0.29, 0.717) is 6.54 Å². The lowest BCUT2D eigenvalue weighted by Crippen LogP contribution is -2.42. The van der Waals surface area contributed by atoms with Crippen molar-refractivity contribution < 1.29 is 14.3 Å². The maximum absolute atomic E-state index is 12.8. The number of aliphatic hydroxyl groups excluding tert-OH is 1. The zero-order chi connectivity index (χ0) is 13.7. The number of carbonyl (C=O) groups is 1. The van der Waals surface area contributed by atoms with Gasteiger partial charge in [-0.3, -0.25) is 4.79 Å². The summed E-state index contributed by atoms with van der Waals surface area (Å²) in [6.45, 7) is 0.737. The lowest BCUT2D eigenvalue weighted by Gasteiger charge is -2.28. The number of likely N-dealkylation sites (tertiary alicyclic amines) is 1. The number of hydrogen-bond donors (Lipinski definition) is 1. The Morgan fingerprint density at radius 3 is 2.68 bits per heavy atom. The summed E-state index contributed by atoms with van der Waals surface area (Å²) in [5, 5.41) is 9.39. The van der Waals surface area contributed by atoms with Crippen LogP contribution in [0.4, 0.5) is 4.39 Å². The minimum atomic E-state index is -0.292. The predicted molar refractivity (Wildman–Crippen MR) is 71.2 cm³/mol. The minimum absolute atomic E-state index is 0.0209. The Balaban J connectivity index is 2.02. The number of carbonyl (C=O) groups excluding carboxylic acids is 1. The third kappa shape index (κ3) is 3.77.